The zero-order valence-electron chi connectivity index (χ0n) is 10.1. The van der Waals surface area contributed by atoms with Crippen molar-refractivity contribution in [1.82, 2.24) is 19.7 Å². The molecular weight excluding hydrogens is 250 g/mol. The van der Waals surface area contributed by atoms with Crippen LogP contribution >= 0.6 is 0 Å². The summed E-state index contributed by atoms with van der Waals surface area (Å²) in [6.45, 7) is 2.00. The Labute approximate surface area is 107 Å². The Bertz CT molecular complexity index is 751. The Hall–Kier alpha value is -2.37. The topological polar surface area (TPSA) is 43.6 Å². The summed E-state index contributed by atoms with van der Waals surface area (Å²) in [5.41, 5.74) is 1.66. The molecule has 0 amide bonds. The molecule has 0 bridgehead atoms. The van der Waals surface area contributed by atoms with E-state index in [2.05, 4.69) is 15.1 Å². The molecule has 3 aromatic heterocycles. The summed E-state index contributed by atoms with van der Waals surface area (Å²) in [5, 5.41) is 4.90. The lowest BCUT2D eigenvalue weighted by molar-refractivity contribution is 0.582. The number of halogens is 2. The van der Waals surface area contributed by atoms with Crippen molar-refractivity contribution in [1.29, 1.82) is 0 Å². The van der Waals surface area contributed by atoms with E-state index in [1.54, 1.807) is 17.7 Å². The van der Waals surface area contributed by atoms with E-state index in [9.17, 15) is 8.78 Å². The molecule has 0 N–H and O–H groups in total. The highest BCUT2D eigenvalue weighted by Crippen LogP contribution is 2.18. The van der Waals surface area contributed by atoms with Gasteiger partial charge in [-0.2, -0.15) is 5.10 Å². The third-order valence-electron chi connectivity index (χ3n) is 2.91. The minimum absolute atomic E-state index is 0.233. The smallest absolute Gasteiger partial charge is 0.158 e. The maximum atomic E-state index is 13.6. The fourth-order valence-corrected chi connectivity index (χ4v) is 1.99. The highest BCUT2D eigenvalue weighted by molar-refractivity contribution is 5.77. The van der Waals surface area contributed by atoms with Crippen LogP contribution in [-0.2, 0) is 6.54 Å². The van der Waals surface area contributed by atoms with Gasteiger partial charge >= 0.3 is 0 Å². The summed E-state index contributed by atoms with van der Waals surface area (Å²) in [6.07, 6.45) is 3.80. The van der Waals surface area contributed by atoms with Crippen LogP contribution in [0.1, 0.15) is 11.3 Å². The summed E-state index contributed by atoms with van der Waals surface area (Å²) < 4.78 is 28.3. The number of fused-ring (bicyclic) bond motifs is 1. The number of hydrogen-bond acceptors (Lipinski definition) is 3. The average Bonchev–Trinajstić information content (AvgIpc) is 2.69. The highest BCUT2D eigenvalue weighted by atomic mass is 19.1. The fraction of sp³-hybridized carbons (Fsp3) is 0.154. The van der Waals surface area contributed by atoms with Crippen molar-refractivity contribution >= 4 is 11.0 Å². The van der Waals surface area contributed by atoms with Gasteiger partial charge in [0, 0.05) is 17.1 Å². The van der Waals surface area contributed by atoms with E-state index in [0.717, 1.165) is 12.4 Å². The Kier molecular flexibility index (Phi) is 2.70. The molecule has 0 spiro atoms. The molecule has 3 rings (SSSR count). The van der Waals surface area contributed by atoms with E-state index in [4.69, 9.17) is 0 Å². The standard InChI is InChI=1S/C13H10F2N4/c1-8-11-4-10(14)5-17-13(11)19(18-8)7-9-2-3-16-6-12(9)15/h2-6H,7H2,1H3. The number of aromatic nitrogens is 4. The number of aryl methyl sites for hydroxylation is 1. The second kappa shape index (κ2) is 4.38. The van der Waals surface area contributed by atoms with Crippen LogP contribution in [-0.4, -0.2) is 19.7 Å². The monoisotopic (exact) mass is 260 g/mol. The van der Waals surface area contributed by atoms with Gasteiger partial charge in [-0.05, 0) is 19.1 Å². The van der Waals surface area contributed by atoms with E-state index in [1.165, 1.54) is 12.3 Å². The van der Waals surface area contributed by atoms with Gasteiger partial charge in [0.2, 0.25) is 0 Å². The molecule has 0 atom stereocenters. The Morgan fingerprint density at radius 2 is 2.11 bits per heavy atom. The van der Waals surface area contributed by atoms with Gasteiger partial charge in [-0.1, -0.05) is 0 Å². The van der Waals surface area contributed by atoms with Crippen molar-refractivity contribution in [3.8, 4) is 0 Å². The molecule has 0 aromatic carbocycles. The number of nitrogens with zero attached hydrogens (tertiary/aromatic N) is 4. The van der Waals surface area contributed by atoms with Crippen LogP contribution in [0.2, 0.25) is 0 Å². The molecule has 0 aliphatic rings. The zero-order chi connectivity index (χ0) is 13.4. The molecule has 4 nitrogen and oxygen atoms in total. The lowest BCUT2D eigenvalue weighted by atomic mass is 10.2. The van der Waals surface area contributed by atoms with Crippen molar-refractivity contribution in [2.45, 2.75) is 13.5 Å². The van der Waals surface area contributed by atoms with Gasteiger partial charge in [0.15, 0.2) is 5.65 Å². The first kappa shape index (κ1) is 11.7. The summed E-state index contributed by atoms with van der Waals surface area (Å²) in [4.78, 5) is 7.71. The maximum absolute atomic E-state index is 13.6. The van der Waals surface area contributed by atoms with Crippen LogP contribution in [0.3, 0.4) is 0 Å². The SMILES string of the molecule is Cc1nn(Cc2ccncc2F)c2ncc(F)cc12. The molecule has 0 aliphatic carbocycles. The molecule has 0 fully saturated rings. The molecule has 3 aromatic rings. The van der Waals surface area contributed by atoms with Gasteiger partial charge in [0.05, 0.1) is 24.6 Å². The first-order chi connectivity index (χ1) is 9.15. The normalized spacial score (nSPS) is 11.1. The van der Waals surface area contributed by atoms with Crippen LogP contribution in [0.5, 0.6) is 0 Å². The van der Waals surface area contributed by atoms with E-state index < -0.39 is 11.6 Å². The zero-order valence-corrected chi connectivity index (χ0v) is 10.1. The van der Waals surface area contributed by atoms with Gasteiger partial charge in [0.25, 0.3) is 0 Å². The van der Waals surface area contributed by atoms with Crippen LogP contribution in [0.15, 0.2) is 30.7 Å². The lowest BCUT2D eigenvalue weighted by Crippen LogP contribution is -2.05. The van der Waals surface area contributed by atoms with Crippen molar-refractivity contribution in [2.24, 2.45) is 0 Å². The molecule has 0 saturated heterocycles. The largest absolute Gasteiger partial charge is 0.262 e. The first-order valence-corrected chi connectivity index (χ1v) is 5.72. The van der Waals surface area contributed by atoms with Gasteiger partial charge in [-0.15, -0.1) is 0 Å². The highest BCUT2D eigenvalue weighted by Gasteiger charge is 2.11. The lowest BCUT2D eigenvalue weighted by Gasteiger charge is -2.03. The molecular formula is C13H10F2N4. The van der Waals surface area contributed by atoms with Crippen molar-refractivity contribution in [3.05, 3.63) is 53.6 Å². The van der Waals surface area contributed by atoms with Gasteiger partial charge in [-0.25, -0.2) is 18.4 Å². The van der Waals surface area contributed by atoms with Crippen LogP contribution in [0.4, 0.5) is 8.78 Å². The Morgan fingerprint density at radius 1 is 1.26 bits per heavy atom. The minimum Gasteiger partial charge on any atom is -0.262 e. The van der Waals surface area contributed by atoms with Crippen LogP contribution in [0, 0.1) is 18.6 Å². The summed E-state index contributed by atoms with van der Waals surface area (Å²) in [5.74, 6) is -0.809. The minimum atomic E-state index is -0.412. The Balaban J connectivity index is 2.09. The third-order valence-corrected chi connectivity index (χ3v) is 2.91. The second-order valence-electron chi connectivity index (χ2n) is 4.23. The first-order valence-electron chi connectivity index (χ1n) is 5.72. The van der Waals surface area contributed by atoms with E-state index in [-0.39, 0.29) is 6.54 Å². The second-order valence-corrected chi connectivity index (χ2v) is 4.23. The summed E-state index contributed by atoms with van der Waals surface area (Å²) in [6, 6.07) is 2.96. The quantitative estimate of drug-likeness (QED) is 0.711. The number of rotatable bonds is 2. The van der Waals surface area contributed by atoms with E-state index in [1.807, 2.05) is 0 Å². The molecule has 19 heavy (non-hydrogen) atoms. The van der Waals surface area contributed by atoms with E-state index in [0.29, 0.717) is 22.3 Å². The molecule has 0 saturated carbocycles. The maximum Gasteiger partial charge on any atom is 0.158 e. The van der Waals surface area contributed by atoms with Gasteiger partial charge in [0.1, 0.15) is 11.6 Å². The third kappa shape index (κ3) is 2.05. The molecule has 0 radical (unpaired) electrons. The molecule has 6 heteroatoms. The van der Waals surface area contributed by atoms with Gasteiger partial charge in [-0.3, -0.25) is 4.98 Å². The average molecular weight is 260 g/mol. The fourth-order valence-electron chi connectivity index (χ4n) is 1.99. The number of pyridine rings is 2. The van der Waals surface area contributed by atoms with E-state index >= 15 is 0 Å². The Morgan fingerprint density at radius 3 is 2.89 bits per heavy atom. The molecule has 3 heterocycles. The van der Waals surface area contributed by atoms with Crippen LogP contribution in [0.25, 0.3) is 11.0 Å². The van der Waals surface area contributed by atoms with Crippen molar-refractivity contribution < 1.29 is 8.78 Å². The summed E-state index contributed by atoms with van der Waals surface area (Å²) in [7, 11) is 0. The molecule has 96 valence electrons. The molecule has 0 unspecified atom stereocenters. The van der Waals surface area contributed by atoms with Gasteiger partial charge < -0.3 is 0 Å². The van der Waals surface area contributed by atoms with Crippen molar-refractivity contribution in [3.63, 3.8) is 0 Å². The number of hydrogen-bond donors (Lipinski definition) is 0. The predicted octanol–water partition coefficient (Wildman–Crippen LogP) is 2.46. The van der Waals surface area contributed by atoms with Crippen LogP contribution < -0.4 is 0 Å². The summed E-state index contributed by atoms with van der Waals surface area (Å²) >= 11 is 0. The molecule has 0 aliphatic heterocycles. The predicted molar refractivity (Wildman–Crippen MR) is 65.5 cm³/mol. The van der Waals surface area contributed by atoms with Crippen molar-refractivity contribution in [2.75, 3.05) is 0 Å².